The number of aromatic amines is 1. The number of nitrogens with zero attached hydrogens (tertiary/aromatic N) is 2. The van der Waals surface area contributed by atoms with Gasteiger partial charge in [-0.15, -0.1) is 0 Å². The van der Waals surface area contributed by atoms with E-state index in [2.05, 4.69) is 41.0 Å². The molecule has 8 heteroatoms. The number of nitrogens with one attached hydrogen (secondary N) is 2. The van der Waals surface area contributed by atoms with Gasteiger partial charge in [0.1, 0.15) is 6.61 Å². The molecule has 0 spiro atoms. The van der Waals surface area contributed by atoms with Crippen molar-refractivity contribution < 1.29 is 9.53 Å². The second kappa shape index (κ2) is 9.24. The van der Waals surface area contributed by atoms with Crippen molar-refractivity contribution in [1.82, 2.24) is 19.9 Å². The summed E-state index contributed by atoms with van der Waals surface area (Å²) in [6.45, 7) is 8.91. The molecule has 0 fully saturated rings. The SMILES string of the molecule is CC(C)CCOCC(=O)NCC#Cc1cn(C(C)C)c2nc(N)[nH]c(=O)c12. The molecule has 0 aromatic carbocycles. The van der Waals surface area contributed by atoms with Gasteiger partial charge >= 0.3 is 0 Å². The van der Waals surface area contributed by atoms with Crippen LogP contribution >= 0.6 is 0 Å². The number of ether oxygens (including phenoxy) is 1. The number of anilines is 1. The topological polar surface area (TPSA) is 115 Å². The van der Waals surface area contributed by atoms with E-state index in [0.717, 1.165) is 6.42 Å². The highest BCUT2D eigenvalue weighted by Gasteiger charge is 2.14. The molecule has 0 aliphatic heterocycles. The Balaban J connectivity index is 2.03. The van der Waals surface area contributed by atoms with Crippen molar-refractivity contribution in [1.29, 1.82) is 0 Å². The second-order valence-corrected chi connectivity index (χ2v) is 7.01. The van der Waals surface area contributed by atoms with Gasteiger partial charge in [0.15, 0.2) is 5.65 Å². The summed E-state index contributed by atoms with van der Waals surface area (Å²) in [6.07, 6.45) is 2.70. The zero-order valence-electron chi connectivity index (χ0n) is 16.3. The molecule has 0 saturated heterocycles. The van der Waals surface area contributed by atoms with Crippen LogP contribution < -0.4 is 16.6 Å². The number of fused-ring (bicyclic) bond motifs is 1. The van der Waals surface area contributed by atoms with E-state index in [0.29, 0.717) is 29.1 Å². The van der Waals surface area contributed by atoms with Crippen LogP contribution in [0.3, 0.4) is 0 Å². The summed E-state index contributed by atoms with van der Waals surface area (Å²) >= 11 is 0. The van der Waals surface area contributed by atoms with Gasteiger partial charge in [-0.2, -0.15) is 4.98 Å². The fourth-order valence-electron chi connectivity index (χ4n) is 2.48. The lowest BCUT2D eigenvalue weighted by molar-refractivity contribution is -0.125. The van der Waals surface area contributed by atoms with Crippen molar-refractivity contribution >= 4 is 22.9 Å². The number of rotatable bonds is 7. The van der Waals surface area contributed by atoms with Crippen molar-refractivity contribution in [2.75, 3.05) is 25.5 Å². The summed E-state index contributed by atoms with van der Waals surface area (Å²) in [5, 5.41) is 3.07. The molecule has 2 aromatic heterocycles. The highest BCUT2D eigenvalue weighted by Crippen LogP contribution is 2.20. The van der Waals surface area contributed by atoms with Crippen molar-refractivity contribution in [2.24, 2.45) is 5.92 Å². The van der Waals surface area contributed by atoms with Gasteiger partial charge in [0.25, 0.3) is 5.56 Å². The van der Waals surface area contributed by atoms with Gasteiger partial charge in [0.05, 0.1) is 17.5 Å². The number of hydrogen-bond donors (Lipinski definition) is 3. The minimum absolute atomic E-state index is 0.0178. The fraction of sp³-hybridized carbons (Fsp3) is 0.526. The van der Waals surface area contributed by atoms with Gasteiger partial charge in [-0.25, -0.2) is 0 Å². The van der Waals surface area contributed by atoms with Crippen molar-refractivity contribution in [3.8, 4) is 11.8 Å². The summed E-state index contributed by atoms with van der Waals surface area (Å²) < 4.78 is 7.16. The van der Waals surface area contributed by atoms with E-state index in [1.165, 1.54) is 0 Å². The predicted molar refractivity (Wildman–Crippen MR) is 105 cm³/mol. The first-order chi connectivity index (χ1) is 12.8. The molecule has 4 N–H and O–H groups in total. The zero-order chi connectivity index (χ0) is 20.0. The molecular formula is C19H27N5O3. The summed E-state index contributed by atoms with van der Waals surface area (Å²) in [4.78, 5) is 30.7. The Morgan fingerprint density at radius 1 is 1.41 bits per heavy atom. The van der Waals surface area contributed by atoms with Crippen LogP contribution in [0.2, 0.25) is 0 Å². The van der Waals surface area contributed by atoms with E-state index >= 15 is 0 Å². The van der Waals surface area contributed by atoms with Gasteiger partial charge in [0.2, 0.25) is 11.9 Å². The first kappa shape index (κ1) is 20.5. The highest BCUT2D eigenvalue weighted by atomic mass is 16.5. The lowest BCUT2D eigenvalue weighted by Crippen LogP contribution is -2.28. The third-order valence-corrected chi connectivity index (χ3v) is 3.93. The highest BCUT2D eigenvalue weighted by molar-refractivity contribution is 5.84. The number of carbonyl (C=O) groups is 1. The van der Waals surface area contributed by atoms with Gasteiger partial charge in [-0.05, 0) is 26.2 Å². The van der Waals surface area contributed by atoms with Crippen LogP contribution in [-0.4, -0.2) is 40.2 Å². The molecule has 8 nitrogen and oxygen atoms in total. The largest absolute Gasteiger partial charge is 0.372 e. The first-order valence-corrected chi connectivity index (χ1v) is 9.03. The Hall–Kier alpha value is -2.79. The van der Waals surface area contributed by atoms with E-state index in [9.17, 15) is 9.59 Å². The van der Waals surface area contributed by atoms with Crippen molar-refractivity contribution in [3.05, 3.63) is 22.1 Å². The Morgan fingerprint density at radius 3 is 2.81 bits per heavy atom. The quantitative estimate of drug-likeness (QED) is 0.501. The second-order valence-electron chi connectivity index (χ2n) is 7.01. The van der Waals surface area contributed by atoms with Gasteiger partial charge in [0, 0.05) is 18.8 Å². The van der Waals surface area contributed by atoms with Crippen molar-refractivity contribution in [2.45, 2.75) is 40.2 Å². The Labute approximate surface area is 158 Å². The lowest BCUT2D eigenvalue weighted by Gasteiger charge is -2.07. The normalized spacial score (nSPS) is 11.0. The van der Waals surface area contributed by atoms with E-state index < -0.39 is 0 Å². The molecule has 2 rings (SSSR count). The molecule has 0 aliphatic rings. The molecule has 27 heavy (non-hydrogen) atoms. The number of H-pyrrole nitrogens is 1. The first-order valence-electron chi connectivity index (χ1n) is 9.03. The van der Waals surface area contributed by atoms with E-state index in [-0.39, 0.29) is 36.6 Å². The third kappa shape index (κ3) is 5.59. The average Bonchev–Trinajstić information content (AvgIpc) is 2.94. The number of nitrogens with two attached hydrogens (primary N) is 1. The van der Waals surface area contributed by atoms with Crippen LogP contribution in [0.5, 0.6) is 0 Å². The number of carbonyl (C=O) groups excluding carboxylic acids is 1. The Morgan fingerprint density at radius 2 is 2.15 bits per heavy atom. The molecule has 2 aromatic rings. The van der Waals surface area contributed by atoms with Crippen molar-refractivity contribution in [3.63, 3.8) is 0 Å². The smallest absolute Gasteiger partial charge is 0.263 e. The number of amides is 1. The standard InChI is InChI=1S/C19H27N5O3/c1-12(2)7-9-27-11-15(25)21-8-5-6-14-10-24(13(3)4)17-16(14)18(26)23-19(20)22-17/h10,12-13H,7-9,11H2,1-4H3,(H,21,25)(H3,20,22,23,26). The minimum atomic E-state index is -0.330. The van der Waals surface area contributed by atoms with Crippen LogP contribution in [-0.2, 0) is 9.53 Å². The van der Waals surface area contributed by atoms with Gasteiger partial charge in [-0.1, -0.05) is 25.7 Å². The monoisotopic (exact) mass is 373 g/mol. The van der Waals surface area contributed by atoms with Crippen LogP contribution in [0.4, 0.5) is 5.95 Å². The Bertz CT molecular complexity index is 915. The summed E-state index contributed by atoms with van der Waals surface area (Å²) in [7, 11) is 0. The van der Waals surface area contributed by atoms with Crippen LogP contribution in [0, 0.1) is 17.8 Å². The van der Waals surface area contributed by atoms with Crippen LogP contribution in [0.25, 0.3) is 11.0 Å². The maximum atomic E-state index is 12.2. The average molecular weight is 373 g/mol. The Kier molecular flexibility index (Phi) is 7.02. The van der Waals surface area contributed by atoms with E-state index in [1.54, 1.807) is 6.20 Å². The zero-order valence-corrected chi connectivity index (χ0v) is 16.3. The maximum absolute atomic E-state index is 12.2. The lowest BCUT2D eigenvalue weighted by atomic mass is 10.1. The summed E-state index contributed by atoms with van der Waals surface area (Å²) in [5.74, 6) is 6.19. The molecule has 0 unspecified atom stereocenters. The summed E-state index contributed by atoms with van der Waals surface area (Å²) in [5.41, 5.74) is 6.37. The maximum Gasteiger partial charge on any atom is 0.263 e. The molecule has 0 radical (unpaired) electrons. The third-order valence-electron chi connectivity index (χ3n) is 3.93. The molecule has 0 bridgehead atoms. The minimum Gasteiger partial charge on any atom is -0.372 e. The molecule has 146 valence electrons. The fourth-order valence-corrected chi connectivity index (χ4v) is 2.48. The van der Waals surface area contributed by atoms with Gasteiger partial charge in [-0.3, -0.25) is 14.6 Å². The predicted octanol–water partition coefficient (Wildman–Crippen LogP) is 1.42. The van der Waals surface area contributed by atoms with E-state index in [1.807, 2.05) is 18.4 Å². The summed E-state index contributed by atoms with van der Waals surface area (Å²) in [6, 6.07) is 0.0967. The van der Waals surface area contributed by atoms with E-state index in [4.69, 9.17) is 10.5 Å². The molecule has 2 heterocycles. The number of nitrogen functional groups attached to an aromatic ring is 1. The molecular weight excluding hydrogens is 346 g/mol. The van der Waals surface area contributed by atoms with Crippen LogP contribution in [0.15, 0.2) is 11.0 Å². The van der Waals surface area contributed by atoms with Crippen LogP contribution in [0.1, 0.15) is 45.7 Å². The molecule has 0 saturated carbocycles. The molecule has 0 aliphatic carbocycles. The molecule has 0 atom stereocenters. The van der Waals surface area contributed by atoms with Gasteiger partial charge < -0.3 is 20.4 Å². The molecule has 1 amide bonds. The number of aromatic nitrogens is 3. The number of hydrogen-bond acceptors (Lipinski definition) is 5.